The molecule has 0 bridgehead atoms. The first-order chi connectivity index (χ1) is 8.56. The van der Waals surface area contributed by atoms with Crippen LogP contribution in [0.15, 0.2) is 0 Å². The summed E-state index contributed by atoms with van der Waals surface area (Å²) in [5.74, 6) is 0. The van der Waals surface area contributed by atoms with E-state index in [-0.39, 0.29) is 5.41 Å². The smallest absolute Gasteiger partial charge is 0.0589 e. The lowest BCUT2D eigenvalue weighted by atomic mass is 9.84. The highest BCUT2D eigenvalue weighted by Crippen LogP contribution is 2.25. The summed E-state index contributed by atoms with van der Waals surface area (Å²) < 4.78 is 5.25. The van der Waals surface area contributed by atoms with Gasteiger partial charge >= 0.3 is 0 Å². The maximum atomic E-state index is 6.00. The van der Waals surface area contributed by atoms with Gasteiger partial charge in [0.1, 0.15) is 0 Å². The molecule has 0 aliphatic rings. The first-order valence-electron chi connectivity index (χ1n) is 7.49. The predicted molar refractivity (Wildman–Crippen MR) is 79.9 cm³/mol. The lowest BCUT2D eigenvalue weighted by Gasteiger charge is -2.38. The predicted octanol–water partition coefficient (Wildman–Crippen LogP) is 2.89. The van der Waals surface area contributed by atoms with Crippen molar-refractivity contribution in [3.8, 4) is 0 Å². The third kappa shape index (κ3) is 6.17. The zero-order chi connectivity index (χ0) is 14.0. The van der Waals surface area contributed by atoms with Crippen molar-refractivity contribution in [3.05, 3.63) is 0 Å². The van der Waals surface area contributed by atoms with E-state index in [1.807, 2.05) is 0 Å². The molecular weight excluding hydrogens is 224 g/mol. The average Bonchev–Trinajstić information content (AvgIpc) is 2.37. The largest absolute Gasteiger partial charge is 0.383 e. The lowest BCUT2D eigenvalue weighted by molar-refractivity contribution is 0.0750. The van der Waals surface area contributed by atoms with Crippen LogP contribution in [0.4, 0.5) is 0 Å². The fourth-order valence-corrected chi connectivity index (χ4v) is 2.74. The van der Waals surface area contributed by atoms with E-state index in [0.29, 0.717) is 6.04 Å². The van der Waals surface area contributed by atoms with Gasteiger partial charge in [-0.25, -0.2) is 0 Å². The molecule has 0 rings (SSSR count). The van der Waals surface area contributed by atoms with Gasteiger partial charge in [0.05, 0.1) is 6.61 Å². The van der Waals surface area contributed by atoms with Gasteiger partial charge in [0.15, 0.2) is 0 Å². The lowest BCUT2D eigenvalue weighted by Crippen LogP contribution is -2.46. The van der Waals surface area contributed by atoms with E-state index < -0.39 is 0 Å². The van der Waals surface area contributed by atoms with Gasteiger partial charge in [-0.1, -0.05) is 34.1 Å². The summed E-state index contributed by atoms with van der Waals surface area (Å²) in [6, 6.07) is 0.655. The Morgan fingerprint density at radius 2 is 1.83 bits per heavy atom. The quantitative estimate of drug-likeness (QED) is 0.619. The van der Waals surface area contributed by atoms with E-state index >= 15 is 0 Å². The van der Waals surface area contributed by atoms with Crippen LogP contribution >= 0.6 is 0 Å². The molecule has 18 heavy (non-hydrogen) atoms. The molecule has 0 saturated carbocycles. The van der Waals surface area contributed by atoms with Crippen molar-refractivity contribution in [3.63, 3.8) is 0 Å². The van der Waals surface area contributed by atoms with Gasteiger partial charge in [0, 0.05) is 26.2 Å². The maximum absolute atomic E-state index is 6.00. The van der Waals surface area contributed by atoms with Crippen LogP contribution in [0.2, 0.25) is 0 Å². The Balaban J connectivity index is 4.62. The summed E-state index contributed by atoms with van der Waals surface area (Å²) in [4.78, 5) is 2.58. The van der Waals surface area contributed by atoms with Crippen LogP contribution in [0.25, 0.3) is 0 Å². The van der Waals surface area contributed by atoms with E-state index in [0.717, 1.165) is 26.2 Å². The van der Waals surface area contributed by atoms with Crippen LogP contribution in [-0.4, -0.2) is 44.3 Å². The van der Waals surface area contributed by atoms with Crippen LogP contribution < -0.4 is 5.73 Å². The van der Waals surface area contributed by atoms with Crippen molar-refractivity contribution in [2.45, 2.75) is 59.4 Å². The minimum Gasteiger partial charge on any atom is -0.383 e. The van der Waals surface area contributed by atoms with Crippen molar-refractivity contribution in [1.82, 2.24) is 4.90 Å². The van der Waals surface area contributed by atoms with Crippen molar-refractivity contribution in [2.24, 2.45) is 11.1 Å². The number of nitrogens with zero attached hydrogens (tertiary/aromatic N) is 1. The third-order valence-electron chi connectivity index (χ3n) is 3.97. The molecule has 0 fully saturated rings. The van der Waals surface area contributed by atoms with Crippen molar-refractivity contribution in [1.29, 1.82) is 0 Å². The van der Waals surface area contributed by atoms with E-state index in [2.05, 4.69) is 32.6 Å². The van der Waals surface area contributed by atoms with Gasteiger partial charge in [-0.05, 0) is 31.2 Å². The second-order valence-corrected chi connectivity index (χ2v) is 5.70. The molecule has 3 heteroatoms. The van der Waals surface area contributed by atoms with Crippen LogP contribution in [0.1, 0.15) is 53.4 Å². The van der Waals surface area contributed by atoms with E-state index in [1.165, 1.54) is 25.7 Å². The summed E-state index contributed by atoms with van der Waals surface area (Å²) in [5, 5.41) is 0. The highest BCUT2D eigenvalue weighted by atomic mass is 16.5. The number of methoxy groups -OCH3 is 1. The molecule has 1 atom stereocenters. The summed E-state index contributed by atoms with van der Waals surface area (Å²) in [7, 11) is 1.78. The maximum Gasteiger partial charge on any atom is 0.0589 e. The normalized spacial score (nSPS) is 15.3. The van der Waals surface area contributed by atoms with Crippen molar-refractivity contribution < 1.29 is 4.74 Å². The molecule has 0 aromatic rings. The summed E-state index contributed by atoms with van der Waals surface area (Å²) in [6.45, 7) is 12.8. The number of ether oxygens (including phenoxy) is 1. The monoisotopic (exact) mass is 258 g/mol. The summed E-state index contributed by atoms with van der Waals surface area (Å²) in [5.41, 5.74) is 6.24. The second kappa shape index (κ2) is 9.76. The molecule has 0 aliphatic heterocycles. The highest BCUT2D eigenvalue weighted by Gasteiger charge is 2.27. The van der Waals surface area contributed by atoms with Gasteiger partial charge < -0.3 is 10.5 Å². The van der Waals surface area contributed by atoms with Crippen molar-refractivity contribution in [2.75, 3.05) is 33.4 Å². The first kappa shape index (κ1) is 17.9. The molecule has 0 aromatic carbocycles. The van der Waals surface area contributed by atoms with Crippen LogP contribution in [0, 0.1) is 5.41 Å². The fraction of sp³-hybridized carbons (Fsp3) is 1.00. The van der Waals surface area contributed by atoms with Crippen LogP contribution in [-0.2, 0) is 4.74 Å². The zero-order valence-electron chi connectivity index (χ0n) is 13.2. The van der Waals surface area contributed by atoms with Gasteiger partial charge in [-0.15, -0.1) is 0 Å². The average molecular weight is 258 g/mol. The Labute approximate surface area is 114 Å². The minimum atomic E-state index is 0.241. The Morgan fingerprint density at radius 3 is 2.22 bits per heavy atom. The van der Waals surface area contributed by atoms with Crippen LogP contribution in [0.5, 0.6) is 0 Å². The molecular formula is C15H34N2O. The van der Waals surface area contributed by atoms with Gasteiger partial charge in [-0.2, -0.15) is 0 Å². The van der Waals surface area contributed by atoms with Crippen molar-refractivity contribution >= 4 is 0 Å². The third-order valence-corrected chi connectivity index (χ3v) is 3.97. The Morgan fingerprint density at radius 1 is 1.22 bits per heavy atom. The number of rotatable bonds is 11. The molecule has 0 radical (unpaired) electrons. The number of hydrogen-bond donors (Lipinski definition) is 1. The van der Waals surface area contributed by atoms with E-state index in [1.54, 1.807) is 7.11 Å². The Hall–Kier alpha value is -0.120. The summed E-state index contributed by atoms with van der Waals surface area (Å²) >= 11 is 0. The molecule has 2 N–H and O–H groups in total. The Kier molecular flexibility index (Phi) is 9.70. The van der Waals surface area contributed by atoms with Gasteiger partial charge in [0.2, 0.25) is 0 Å². The molecule has 110 valence electrons. The molecule has 0 spiro atoms. The number of hydrogen-bond acceptors (Lipinski definition) is 3. The molecule has 0 aliphatic carbocycles. The highest BCUT2D eigenvalue weighted by molar-refractivity contribution is 4.82. The SMILES string of the molecule is CCCC(C)(CN)CN(CCOC)C(CC)CC. The molecule has 3 nitrogen and oxygen atoms in total. The fourth-order valence-electron chi connectivity index (χ4n) is 2.74. The van der Waals surface area contributed by atoms with Gasteiger partial charge in [0.25, 0.3) is 0 Å². The van der Waals surface area contributed by atoms with Crippen LogP contribution in [0.3, 0.4) is 0 Å². The molecule has 0 aromatic heterocycles. The molecule has 0 saturated heterocycles. The number of nitrogens with two attached hydrogens (primary N) is 1. The molecule has 1 unspecified atom stereocenters. The van der Waals surface area contributed by atoms with E-state index in [4.69, 9.17) is 10.5 Å². The topological polar surface area (TPSA) is 38.5 Å². The standard InChI is InChI=1S/C15H34N2O/c1-6-9-15(4,12-16)13-17(10-11-18-5)14(7-2)8-3/h14H,6-13,16H2,1-5H3. The zero-order valence-corrected chi connectivity index (χ0v) is 13.2. The second-order valence-electron chi connectivity index (χ2n) is 5.70. The molecule has 0 heterocycles. The molecule has 0 amide bonds. The minimum absolute atomic E-state index is 0.241. The first-order valence-corrected chi connectivity index (χ1v) is 7.49. The Bertz CT molecular complexity index is 195. The van der Waals surface area contributed by atoms with E-state index in [9.17, 15) is 0 Å². The van der Waals surface area contributed by atoms with Gasteiger partial charge in [-0.3, -0.25) is 4.90 Å². The summed E-state index contributed by atoms with van der Waals surface area (Å²) in [6.07, 6.45) is 4.81.